The molecular weight excluding hydrogens is 1100 g/mol. The average Bonchev–Trinajstić information content (AvgIpc) is 3.30. The van der Waals surface area contributed by atoms with Crippen molar-refractivity contribution in [2.24, 2.45) is 0 Å². The Morgan fingerprint density at radius 3 is 0.684 bits per heavy atom. The van der Waals surface area contributed by atoms with Gasteiger partial charge in [0.05, 0.1) is 40.5 Å². The molecule has 0 radical (unpaired) electrons. The third-order valence-corrected chi connectivity index (χ3v) is 17.5. The fourth-order valence-electron chi connectivity index (χ4n) is 8.20. The van der Waals surface area contributed by atoms with Gasteiger partial charge in [-0.2, -0.15) is 0 Å². The zero-order valence-electron chi connectivity index (χ0n) is 49.6. The van der Waals surface area contributed by atoms with Gasteiger partial charge in [-0.05, 0) is 70.6 Å². The molecule has 0 saturated carbocycles. The molecule has 0 saturated heterocycles. The van der Waals surface area contributed by atoms with Gasteiger partial charge < -0.3 is 38.6 Å². The second-order valence-electron chi connectivity index (χ2n) is 19.5. The summed E-state index contributed by atoms with van der Waals surface area (Å²) in [5.41, 5.74) is 0. The molecule has 0 aromatic rings. The molecule has 0 aromatic heterocycles. The van der Waals surface area contributed by atoms with Crippen molar-refractivity contribution in [2.45, 2.75) is 300 Å². The Balaban J connectivity index is -0.000000134. The van der Waals surface area contributed by atoms with Crippen LogP contribution >= 0.6 is 0 Å². The van der Waals surface area contributed by atoms with E-state index in [4.69, 9.17) is 20.4 Å². The standard InChI is InChI=1S/C16H34O4S.C14H30O4S.C12H26O4S.C10H22O4S.4Na/c1-2-3-4-10-13-16(21(18,19)20)14-11-8-6-5-7-9-12-15-17;1-2-3-11-14(19(16,17)18)12-9-7-5-4-6-8-10-13-15;1-2-12(17(14,15)16)10-8-6-4-3-5-7-9-11-13;11-9-7-5-3-1-2-4-6-8-10-15(12,13)14;;;;/h16-17H,2-15H2,1H3,(H,18,19,20);14-15H,2-13H2,1H3,(H,16,17,18);12-13H,2-11H2,1H3,(H,14,15,16);11H,1-10H2,(H,12,13,14);;;;/q;;;;4*+1/p-4. The largest absolute Gasteiger partial charge is 1.00 e. The summed E-state index contributed by atoms with van der Waals surface area (Å²) in [6.07, 6.45) is 37.7. The van der Waals surface area contributed by atoms with E-state index in [-0.39, 0.29) is 150 Å². The molecule has 3 unspecified atom stereocenters. The molecule has 3 atom stereocenters. The fourth-order valence-corrected chi connectivity index (χ4v) is 11.4. The van der Waals surface area contributed by atoms with Crippen molar-refractivity contribution in [3.63, 3.8) is 0 Å². The van der Waals surface area contributed by atoms with Crippen molar-refractivity contribution in [1.82, 2.24) is 0 Å². The Morgan fingerprint density at radius 2 is 0.474 bits per heavy atom. The molecular formula is C52H108Na4O16S4. The predicted octanol–water partition coefficient (Wildman–Crippen LogP) is -0.729. The summed E-state index contributed by atoms with van der Waals surface area (Å²) in [5.74, 6) is -0.225. The molecule has 24 heteroatoms. The minimum Gasteiger partial charge on any atom is -0.748 e. The second kappa shape index (κ2) is 69.3. The Labute approximate surface area is 556 Å². The van der Waals surface area contributed by atoms with Crippen LogP contribution in [-0.2, 0) is 40.5 Å². The van der Waals surface area contributed by atoms with Gasteiger partial charge in [0, 0.05) is 47.9 Å². The quantitative estimate of drug-likeness (QED) is 0.0332. The first-order valence-electron chi connectivity index (χ1n) is 28.3. The molecule has 0 bridgehead atoms. The molecule has 0 fully saturated rings. The molecule has 0 rings (SSSR count). The van der Waals surface area contributed by atoms with Crippen LogP contribution in [0.15, 0.2) is 0 Å². The molecule has 0 amide bonds. The maximum absolute atomic E-state index is 11.3. The molecule has 76 heavy (non-hydrogen) atoms. The van der Waals surface area contributed by atoms with Crippen LogP contribution in [0.3, 0.4) is 0 Å². The van der Waals surface area contributed by atoms with Crippen LogP contribution in [0.1, 0.15) is 284 Å². The van der Waals surface area contributed by atoms with Crippen LogP contribution in [-0.4, -0.2) is 120 Å². The smallest absolute Gasteiger partial charge is 0.748 e. The van der Waals surface area contributed by atoms with Gasteiger partial charge in [-0.1, -0.05) is 213 Å². The zero-order chi connectivity index (χ0) is 55.3. The Morgan fingerprint density at radius 1 is 0.276 bits per heavy atom. The number of unbranched alkanes of at least 4 members (excludes halogenated alkanes) is 29. The Bertz CT molecular complexity index is 1570. The summed E-state index contributed by atoms with van der Waals surface area (Å²) in [6, 6.07) is 0. The van der Waals surface area contributed by atoms with E-state index in [1.54, 1.807) is 6.92 Å². The van der Waals surface area contributed by atoms with E-state index in [0.29, 0.717) is 44.9 Å². The second-order valence-corrected chi connectivity index (χ2v) is 26.0. The van der Waals surface area contributed by atoms with Gasteiger partial charge in [0.15, 0.2) is 0 Å². The van der Waals surface area contributed by atoms with Gasteiger partial charge in [0.25, 0.3) is 0 Å². The topological polar surface area (TPSA) is 310 Å². The molecule has 0 heterocycles. The molecule has 0 spiro atoms. The summed E-state index contributed by atoms with van der Waals surface area (Å²) in [4.78, 5) is 0. The van der Waals surface area contributed by atoms with Crippen molar-refractivity contribution < 1.29 is 191 Å². The molecule has 0 aliphatic heterocycles. The first kappa shape index (κ1) is 95.8. The van der Waals surface area contributed by atoms with Crippen LogP contribution in [0.2, 0.25) is 0 Å². The number of aliphatic hydroxyl groups excluding tert-OH is 4. The summed E-state index contributed by atoms with van der Waals surface area (Å²) in [5, 5.41) is 32.4. The van der Waals surface area contributed by atoms with Crippen molar-refractivity contribution in [3.05, 3.63) is 0 Å². The van der Waals surface area contributed by atoms with Crippen LogP contribution in [0, 0.1) is 0 Å². The van der Waals surface area contributed by atoms with Crippen molar-refractivity contribution in [2.75, 3.05) is 32.2 Å². The van der Waals surface area contributed by atoms with Crippen LogP contribution in [0.25, 0.3) is 0 Å². The summed E-state index contributed by atoms with van der Waals surface area (Å²) >= 11 is 0. The van der Waals surface area contributed by atoms with Crippen molar-refractivity contribution >= 4 is 40.5 Å². The monoisotopic (exact) mass is 1210 g/mol. The van der Waals surface area contributed by atoms with Gasteiger partial charge in [-0.3, -0.25) is 0 Å². The SMILES string of the molecule is CCC(CCCCCCCCCO)S(=O)(=O)[O-].CCCCC(CCCCCCCCCO)S(=O)(=O)[O-].CCCCCCC(CCCCCCCCCO)S(=O)(=O)[O-].O=S(=O)([O-])CCCCCCCCCCO.[Na+].[Na+].[Na+].[Na+]. The first-order chi connectivity index (χ1) is 34.1. The van der Waals surface area contributed by atoms with Gasteiger partial charge in [-0.25, -0.2) is 33.7 Å². The Hall–Kier alpha value is 3.48. The predicted molar refractivity (Wildman–Crippen MR) is 290 cm³/mol. The van der Waals surface area contributed by atoms with E-state index in [9.17, 15) is 51.9 Å². The minimum absolute atomic E-state index is 0. The third-order valence-electron chi connectivity index (χ3n) is 12.8. The van der Waals surface area contributed by atoms with Crippen LogP contribution < -0.4 is 118 Å². The average molecular weight is 1210 g/mol. The Kier molecular flexibility index (Phi) is 87.3. The van der Waals surface area contributed by atoms with Gasteiger partial charge in [-0.15, -0.1) is 0 Å². The maximum atomic E-state index is 11.3. The van der Waals surface area contributed by atoms with E-state index in [0.717, 1.165) is 218 Å². The van der Waals surface area contributed by atoms with E-state index in [2.05, 4.69) is 6.92 Å². The molecule has 0 aliphatic carbocycles. The number of rotatable bonds is 49. The normalized spacial score (nSPS) is 12.6. The molecule has 16 nitrogen and oxygen atoms in total. The van der Waals surface area contributed by atoms with E-state index in [1.807, 2.05) is 6.92 Å². The van der Waals surface area contributed by atoms with Crippen LogP contribution in [0.5, 0.6) is 0 Å². The molecule has 0 aromatic carbocycles. The number of aliphatic hydroxyl groups is 4. The maximum Gasteiger partial charge on any atom is 1.00 e. The molecule has 440 valence electrons. The van der Waals surface area contributed by atoms with E-state index >= 15 is 0 Å². The summed E-state index contributed by atoms with van der Waals surface area (Å²) in [7, 11) is -16.4. The third kappa shape index (κ3) is 79.5. The number of hydrogen-bond acceptors (Lipinski definition) is 16. The summed E-state index contributed by atoms with van der Waals surface area (Å²) < 4.78 is 130. The van der Waals surface area contributed by atoms with Crippen LogP contribution in [0.4, 0.5) is 0 Å². The minimum atomic E-state index is -4.13. The van der Waals surface area contributed by atoms with Gasteiger partial charge in [0.2, 0.25) is 0 Å². The fraction of sp³-hybridized carbons (Fsp3) is 1.00. The van der Waals surface area contributed by atoms with Crippen molar-refractivity contribution in [1.29, 1.82) is 0 Å². The van der Waals surface area contributed by atoms with E-state index < -0.39 is 56.2 Å². The van der Waals surface area contributed by atoms with Gasteiger partial charge >= 0.3 is 118 Å². The number of hydrogen-bond donors (Lipinski definition) is 4. The van der Waals surface area contributed by atoms with Gasteiger partial charge in [0.1, 0.15) is 0 Å². The molecule has 0 aliphatic rings. The van der Waals surface area contributed by atoms with E-state index in [1.165, 1.54) is 0 Å². The van der Waals surface area contributed by atoms with Crippen molar-refractivity contribution in [3.8, 4) is 0 Å². The summed E-state index contributed by atoms with van der Waals surface area (Å²) in [6.45, 7) is 6.92. The molecule has 4 N–H and O–H groups in total. The first-order valence-corrected chi connectivity index (χ1v) is 34.3. The zero-order valence-corrected chi connectivity index (χ0v) is 60.8.